The number of anilines is 1. The predicted molar refractivity (Wildman–Crippen MR) is 111 cm³/mol. The molecule has 176 valence electrons. The first-order valence-electron chi connectivity index (χ1n) is 9.92. The summed E-state index contributed by atoms with van der Waals surface area (Å²) in [5.74, 6) is -2.08. The van der Waals surface area contributed by atoms with Gasteiger partial charge in [0, 0.05) is 37.9 Å². The van der Waals surface area contributed by atoms with Crippen molar-refractivity contribution in [2.75, 3.05) is 31.1 Å². The topological polar surface area (TPSA) is 87.8 Å². The van der Waals surface area contributed by atoms with Crippen LogP contribution in [0.4, 0.5) is 23.2 Å². The number of carboxylic acids is 1. The van der Waals surface area contributed by atoms with Gasteiger partial charge >= 0.3 is 12.1 Å². The molecule has 1 fully saturated rings. The third-order valence-electron chi connectivity index (χ3n) is 4.58. The normalized spacial score (nSPS) is 13.8. The van der Waals surface area contributed by atoms with Crippen LogP contribution in [0.1, 0.15) is 5.69 Å². The minimum absolute atomic E-state index is 0.260. The molecule has 4 rings (SSSR count). The zero-order valence-electron chi connectivity index (χ0n) is 17.3. The second-order valence-corrected chi connectivity index (χ2v) is 6.95. The molecule has 0 unspecified atom stereocenters. The summed E-state index contributed by atoms with van der Waals surface area (Å²) in [4.78, 5) is 15.5. The maximum Gasteiger partial charge on any atom is 0.490 e. The van der Waals surface area contributed by atoms with E-state index in [0.29, 0.717) is 11.3 Å². The van der Waals surface area contributed by atoms with Gasteiger partial charge in [-0.2, -0.15) is 13.2 Å². The lowest BCUT2D eigenvalue weighted by atomic mass is 10.2. The Balaban J connectivity index is 0.000000383. The number of hydrogen-bond donors (Lipinski definition) is 2. The van der Waals surface area contributed by atoms with Gasteiger partial charge in [0.25, 0.3) is 0 Å². The maximum atomic E-state index is 13.8. The molecule has 7 nitrogen and oxygen atoms in total. The number of nitrogens with one attached hydrogen (secondary N) is 1. The Morgan fingerprint density at radius 3 is 2.52 bits per heavy atom. The Labute approximate surface area is 186 Å². The molecule has 1 saturated heterocycles. The number of benzene rings is 2. The van der Waals surface area contributed by atoms with E-state index in [2.05, 4.69) is 21.3 Å². The highest BCUT2D eigenvalue weighted by molar-refractivity contribution is 5.73. The van der Waals surface area contributed by atoms with Crippen LogP contribution in [0.25, 0.3) is 11.5 Å². The van der Waals surface area contributed by atoms with Crippen LogP contribution in [0.15, 0.2) is 59.2 Å². The van der Waals surface area contributed by atoms with E-state index in [4.69, 9.17) is 19.1 Å². The van der Waals surface area contributed by atoms with Crippen molar-refractivity contribution in [1.29, 1.82) is 0 Å². The molecule has 2 heterocycles. The van der Waals surface area contributed by atoms with Crippen molar-refractivity contribution in [3.63, 3.8) is 0 Å². The minimum Gasteiger partial charge on any atom is -0.487 e. The van der Waals surface area contributed by atoms with Crippen LogP contribution in [0, 0.1) is 5.82 Å². The van der Waals surface area contributed by atoms with E-state index in [9.17, 15) is 17.6 Å². The molecule has 1 aliphatic rings. The summed E-state index contributed by atoms with van der Waals surface area (Å²) in [5, 5.41) is 10.5. The fourth-order valence-electron chi connectivity index (χ4n) is 2.98. The Kier molecular flexibility index (Phi) is 7.88. The van der Waals surface area contributed by atoms with Gasteiger partial charge in [0.2, 0.25) is 5.89 Å². The zero-order valence-corrected chi connectivity index (χ0v) is 17.3. The van der Waals surface area contributed by atoms with Crippen LogP contribution in [-0.2, 0) is 11.4 Å². The van der Waals surface area contributed by atoms with Crippen molar-refractivity contribution >= 4 is 11.7 Å². The first-order chi connectivity index (χ1) is 15.7. The molecule has 1 aromatic heterocycles. The third kappa shape index (κ3) is 6.94. The van der Waals surface area contributed by atoms with Gasteiger partial charge in [0.05, 0.1) is 5.56 Å². The third-order valence-corrected chi connectivity index (χ3v) is 4.58. The molecule has 1 aliphatic heterocycles. The van der Waals surface area contributed by atoms with E-state index in [1.165, 1.54) is 12.3 Å². The Morgan fingerprint density at radius 2 is 1.85 bits per heavy atom. The molecular weight excluding hydrogens is 446 g/mol. The van der Waals surface area contributed by atoms with Crippen molar-refractivity contribution in [3.05, 3.63) is 66.3 Å². The Bertz CT molecular complexity index is 1070. The van der Waals surface area contributed by atoms with Gasteiger partial charge in [0.1, 0.15) is 30.1 Å². The van der Waals surface area contributed by atoms with Gasteiger partial charge in [-0.1, -0.05) is 18.2 Å². The lowest BCUT2D eigenvalue weighted by Gasteiger charge is -2.29. The zero-order chi connectivity index (χ0) is 23.8. The number of carbonyl (C=O) groups is 1. The largest absolute Gasteiger partial charge is 0.490 e. The number of nitrogens with zero attached hydrogens (tertiary/aromatic N) is 2. The van der Waals surface area contributed by atoms with Crippen molar-refractivity contribution in [1.82, 2.24) is 10.3 Å². The molecule has 0 amide bonds. The molecule has 2 aromatic carbocycles. The van der Waals surface area contributed by atoms with Crippen molar-refractivity contribution in [3.8, 4) is 17.2 Å². The van der Waals surface area contributed by atoms with Crippen LogP contribution in [0.5, 0.6) is 5.75 Å². The maximum absolute atomic E-state index is 13.8. The minimum atomic E-state index is -5.08. The molecule has 3 aromatic rings. The fraction of sp³-hybridized carbons (Fsp3) is 0.273. The summed E-state index contributed by atoms with van der Waals surface area (Å²) < 4.78 is 56.8. The van der Waals surface area contributed by atoms with E-state index in [0.717, 1.165) is 37.6 Å². The second-order valence-electron chi connectivity index (χ2n) is 6.95. The Morgan fingerprint density at radius 1 is 1.15 bits per heavy atom. The molecule has 0 spiro atoms. The van der Waals surface area contributed by atoms with Crippen LogP contribution in [0.3, 0.4) is 0 Å². The summed E-state index contributed by atoms with van der Waals surface area (Å²) >= 11 is 0. The average Bonchev–Trinajstić information content (AvgIpc) is 3.27. The van der Waals surface area contributed by atoms with Gasteiger partial charge in [-0.05, 0) is 24.3 Å². The number of oxazole rings is 1. The van der Waals surface area contributed by atoms with Gasteiger partial charge in [0.15, 0.2) is 0 Å². The second kappa shape index (κ2) is 10.8. The number of ether oxygens (including phenoxy) is 1. The molecule has 11 heteroatoms. The van der Waals surface area contributed by atoms with Gasteiger partial charge in [-0.25, -0.2) is 14.2 Å². The molecule has 0 radical (unpaired) electrons. The SMILES string of the molecule is Fc1ccccc1-c1nc(COc2cccc(N3CCNCC3)c2)co1.O=C(O)C(F)(F)F. The average molecular weight is 467 g/mol. The van der Waals surface area contributed by atoms with E-state index < -0.39 is 12.1 Å². The molecule has 33 heavy (non-hydrogen) atoms. The summed E-state index contributed by atoms with van der Waals surface area (Å²) in [6.07, 6.45) is -3.58. The number of carboxylic acid groups (broad SMARTS) is 1. The van der Waals surface area contributed by atoms with Crippen LogP contribution in [0.2, 0.25) is 0 Å². The monoisotopic (exact) mass is 467 g/mol. The number of halogens is 4. The summed E-state index contributed by atoms with van der Waals surface area (Å²) in [7, 11) is 0. The fourth-order valence-corrected chi connectivity index (χ4v) is 2.98. The van der Waals surface area contributed by atoms with Crippen molar-refractivity contribution in [2.24, 2.45) is 0 Å². The molecule has 0 aliphatic carbocycles. The van der Waals surface area contributed by atoms with Crippen LogP contribution < -0.4 is 15.0 Å². The van der Waals surface area contributed by atoms with Crippen LogP contribution >= 0.6 is 0 Å². The van der Waals surface area contributed by atoms with E-state index >= 15 is 0 Å². The Hall–Kier alpha value is -3.60. The number of aliphatic carboxylic acids is 1. The lowest BCUT2D eigenvalue weighted by molar-refractivity contribution is -0.192. The molecule has 2 N–H and O–H groups in total. The molecule has 0 bridgehead atoms. The quantitative estimate of drug-likeness (QED) is 0.547. The van der Waals surface area contributed by atoms with Crippen molar-refractivity contribution < 1.29 is 36.6 Å². The van der Waals surface area contributed by atoms with E-state index in [1.54, 1.807) is 18.2 Å². The number of piperazine rings is 1. The summed E-state index contributed by atoms with van der Waals surface area (Å²) in [6.45, 7) is 4.21. The molecule has 0 atom stereocenters. The predicted octanol–water partition coefficient (Wildman–Crippen LogP) is 4.10. The number of rotatable bonds is 5. The first kappa shape index (κ1) is 24.1. The molecule has 0 saturated carbocycles. The van der Waals surface area contributed by atoms with Gasteiger partial charge < -0.3 is 24.5 Å². The summed E-state index contributed by atoms with van der Waals surface area (Å²) in [6, 6.07) is 14.4. The standard InChI is InChI=1S/C20H20FN3O2.C2HF3O2/c21-19-7-2-1-6-18(19)20-23-15(14-26-20)13-25-17-5-3-4-16(12-17)24-10-8-22-9-11-24;3-2(4,5)1(6)7/h1-7,12,14,22H,8-11,13H2;(H,6,7). The number of aromatic nitrogens is 1. The summed E-state index contributed by atoms with van der Waals surface area (Å²) in [5.41, 5.74) is 2.12. The highest BCUT2D eigenvalue weighted by Crippen LogP contribution is 2.24. The lowest BCUT2D eigenvalue weighted by Crippen LogP contribution is -2.43. The number of alkyl halides is 3. The van der Waals surface area contributed by atoms with Crippen LogP contribution in [-0.4, -0.2) is 48.4 Å². The van der Waals surface area contributed by atoms with Gasteiger partial charge in [-0.15, -0.1) is 0 Å². The first-order valence-corrected chi connectivity index (χ1v) is 9.92. The highest BCUT2D eigenvalue weighted by Gasteiger charge is 2.38. The van der Waals surface area contributed by atoms with E-state index in [-0.39, 0.29) is 18.3 Å². The van der Waals surface area contributed by atoms with E-state index in [1.807, 2.05) is 18.2 Å². The highest BCUT2D eigenvalue weighted by atomic mass is 19.4. The number of hydrogen-bond acceptors (Lipinski definition) is 6. The smallest absolute Gasteiger partial charge is 0.487 e. The van der Waals surface area contributed by atoms with Gasteiger partial charge in [-0.3, -0.25) is 0 Å². The van der Waals surface area contributed by atoms with Crippen molar-refractivity contribution in [2.45, 2.75) is 12.8 Å². The molecular formula is C22H21F4N3O4.